The van der Waals surface area contributed by atoms with Crippen molar-refractivity contribution < 1.29 is 18.6 Å². The van der Waals surface area contributed by atoms with Crippen LogP contribution in [-0.2, 0) is 11.0 Å². The fraction of sp³-hybridized carbons (Fsp3) is 0.583. The number of benzene rings is 1. The zero-order valence-corrected chi connectivity index (χ0v) is 22.5. The number of aromatic nitrogens is 2. The zero-order chi connectivity index (χ0) is 24.2. The summed E-state index contributed by atoms with van der Waals surface area (Å²) in [7, 11) is 1.54. The van der Waals surface area contributed by atoms with Crippen LogP contribution in [0, 0.1) is 5.92 Å². The van der Waals surface area contributed by atoms with Gasteiger partial charge in [0.15, 0.2) is 13.5 Å². The number of methoxy groups -OCH3 is 2. The molecular weight excluding hydrogens is 458 g/mol. The van der Waals surface area contributed by atoms with Crippen LogP contribution in [0.25, 0.3) is 0 Å². The average Bonchev–Trinajstić information content (AvgIpc) is 2.73. The van der Waals surface area contributed by atoms with E-state index in [2.05, 4.69) is 49.4 Å². The quantitative estimate of drug-likeness (QED) is 0.410. The van der Waals surface area contributed by atoms with Gasteiger partial charge in [-0.2, -0.15) is 0 Å². The average molecular weight is 494 g/mol. The van der Waals surface area contributed by atoms with Crippen LogP contribution in [0.4, 0.5) is 5.69 Å². The van der Waals surface area contributed by atoms with Gasteiger partial charge in [-0.25, -0.2) is 0 Å². The minimum atomic E-state index is -1.72. The van der Waals surface area contributed by atoms with Gasteiger partial charge in [0.05, 0.1) is 14.2 Å². The van der Waals surface area contributed by atoms with Crippen molar-refractivity contribution >= 4 is 25.6 Å². The van der Waals surface area contributed by atoms with E-state index in [1.807, 2.05) is 18.2 Å². The number of anilines is 1. The lowest BCUT2D eigenvalue weighted by Crippen LogP contribution is -2.44. The van der Waals surface area contributed by atoms with Gasteiger partial charge in [-0.1, -0.05) is 32.4 Å². The van der Waals surface area contributed by atoms with Crippen molar-refractivity contribution in [2.24, 2.45) is 5.92 Å². The second-order valence-electron chi connectivity index (χ2n) is 10.1. The molecule has 1 heterocycles. The molecule has 0 radical (unpaired) electrons. The Morgan fingerprint density at radius 3 is 2.45 bits per heavy atom. The SMILES string of the molecule is COc1ccc(CNc2cc(Cl)nnc2OC2CC(CO[Si](C)(C)C(C)(C)C)C2)c(OC)c1. The smallest absolute Gasteiger partial charge is 0.257 e. The topological polar surface area (TPSA) is 74.7 Å². The van der Waals surface area contributed by atoms with Crippen LogP contribution in [0.2, 0.25) is 23.3 Å². The molecule has 0 amide bonds. The van der Waals surface area contributed by atoms with Gasteiger partial charge in [-0.05, 0) is 49.0 Å². The third-order valence-electron chi connectivity index (χ3n) is 6.65. The number of halogens is 1. The Hall–Kier alpha value is -2.03. The number of nitrogens with zero attached hydrogens (tertiary/aromatic N) is 2. The molecule has 9 heteroatoms. The molecule has 1 aliphatic rings. The number of rotatable bonds is 10. The Labute approximate surface area is 203 Å². The monoisotopic (exact) mass is 493 g/mol. The summed E-state index contributed by atoms with van der Waals surface area (Å²) in [6.45, 7) is 12.7. The molecule has 182 valence electrons. The first-order valence-electron chi connectivity index (χ1n) is 11.3. The predicted molar refractivity (Wildman–Crippen MR) is 134 cm³/mol. The molecule has 1 N–H and O–H groups in total. The molecule has 0 bridgehead atoms. The first-order valence-corrected chi connectivity index (χ1v) is 14.6. The number of ether oxygens (including phenoxy) is 3. The highest BCUT2D eigenvalue weighted by atomic mass is 35.5. The molecule has 0 aliphatic heterocycles. The Kier molecular flexibility index (Phi) is 8.13. The number of hydrogen-bond acceptors (Lipinski definition) is 7. The summed E-state index contributed by atoms with van der Waals surface area (Å²) in [6, 6.07) is 7.44. The molecule has 1 saturated carbocycles. The van der Waals surface area contributed by atoms with E-state index in [1.54, 1.807) is 20.3 Å². The van der Waals surface area contributed by atoms with Crippen LogP contribution in [0.1, 0.15) is 39.2 Å². The van der Waals surface area contributed by atoms with Gasteiger partial charge < -0.3 is 24.0 Å². The molecule has 0 atom stereocenters. The van der Waals surface area contributed by atoms with Gasteiger partial charge >= 0.3 is 0 Å². The molecule has 1 aromatic heterocycles. The Morgan fingerprint density at radius 2 is 1.82 bits per heavy atom. The standard InChI is InChI=1S/C24H36ClN3O4Si/c1-24(2,3)33(6,7)31-15-16-10-19(11-16)32-23-20(13-22(25)27-28-23)26-14-17-8-9-18(29-4)12-21(17)30-5/h8-9,12-13,16,19H,10-11,14-15H2,1-7H3,(H,26,27). The fourth-order valence-electron chi connectivity index (χ4n) is 3.37. The summed E-state index contributed by atoms with van der Waals surface area (Å²) in [5.74, 6) is 2.45. The summed E-state index contributed by atoms with van der Waals surface area (Å²) in [5, 5.41) is 12.0. The summed E-state index contributed by atoms with van der Waals surface area (Å²) in [4.78, 5) is 0. The van der Waals surface area contributed by atoms with Crippen LogP contribution in [0.15, 0.2) is 24.3 Å². The van der Waals surface area contributed by atoms with Crippen molar-refractivity contribution in [3.05, 3.63) is 35.0 Å². The van der Waals surface area contributed by atoms with E-state index < -0.39 is 8.32 Å². The maximum absolute atomic E-state index is 6.37. The Morgan fingerprint density at radius 1 is 1.09 bits per heavy atom. The fourth-order valence-corrected chi connectivity index (χ4v) is 4.60. The van der Waals surface area contributed by atoms with Gasteiger partial charge in [-0.3, -0.25) is 0 Å². The lowest BCUT2D eigenvalue weighted by Gasteiger charge is -2.40. The second-order valence-corrected chi connectivity index (χ2v) is 15.3. The van der Waals surface area contributed by atoms with Gasteiger partial charge in [0.1, 0.15) is 23.3 Å². The molecule has 1 aliphatic carbocycles. The minimum absolute atomic E-state index is 0.101. The summed E-state index contributed by atoms with van der Waals surface area (Å²) >= 11 is 6.10. The van der Waals surface area contributed by atoms with E-state index in [1.165, 1.54) is 0 Å². The molecule has 33 heavy (non-hydrogen) atoms. The van der Waals surface area contributed by atoms with Crippen LogP contribution in [0.3, 0.4) is 0 Å². The summed E-state index contributed by atoms with van der Waals surface area (Å²) < 4.78 is 23.3. The normalized spacial score (nSPS) is 18.4. The third kappa shape index (κ3) is 6.52. The largest absolute Gasteiger partial charge is 0.497 e. The van der Waals surface area contributed by atoms with E-state index in [9.17, 15) is 0 Å². The first kappa shape index (κ1) is 25.6. The Balaban J connectivity index is 1.57. The van der Waals surface area contributed by atoms with E-state index in [4.69, 9.17) is 30.2 Å². The molecule has 2 aromatic rings. The van der Waals surface area contributed by atoms with E-state index in [0.717, 1.165) is 36.5 Å². The summed E-state index contributed by atoms with van der Waals surface area (Å²) in [5.41, 5.74) is 1.68. The molecule has 0 unspecified atom stereocenters. The van der Waals surface area contributed by atoms with Crippen molar-refractivity contribution in [3.8, 4) is 17.4 Å². The van der Waals surface area contributed by atoms with E-state index in [-0.39, 0.29) is 11.1 Å². The second kappa shape index (κ2) is 10.5. The van der Waals surface area contributed by atoms with Crippen molar-refractivity contribution in [1.29, 1.82) is 0 Å². The van der Waals surface area contributed by atoms with Gasteiger partial charge in [0, 0.05) is 30.8 Å². The number of hydrogen-bond donors (Lipinski definition) is 1. The molecule has 1 aromatic carbocycles. The highest BCUT2D eigenvalue weighted by Crippen LogP contribution is 2.39. The molecule has 3 rings (SSSR count). The highest BCUT2D eigenvalue weighted by molar-refractivity contribution is 6.74. The molecular formula is C24H36ClN3O4Si. The third-order valence-corrected chi connectivity index (χ3v) is 11.3. The molecule has 1 fully saturated rings. The van der Waals surface area contributed by atoms with Crippen molar-refractivity contribution in [2.45, 2.75) is 64.4 Å². The van der Waals surface area contributed by atoms with Crippen LogP contribution < -0.4 is 19.5 Å². The lowest BCUT2D eigenvalue weighted by atomic mass is 9.83. The van der Waals surface area contributed by atoms with E-state index in [0.29, 0.717) is 29.2 Å². The van der Waals surface area contributed by atoms with Gasteiger partial charge in [0.25, 0.3) is 5.88 Å². The van der Waals surface area contributed by atoms with Gasteiger partial charge in [0.2, 0.25) is 0 Å². The molecule has 0 spiro atoms. The lowest BCUT2D eigenvalue weighted by molar-refractivity contribution is 0.0323. The van der Waals surface area contributed by atoms with Gasteiger partial charge in [-0.15, -0.1) is 10.2 Å². The highest BCUT2D eigenvalue weighted by Gasteiger charge is 2.39. The maximum Gasteiger partial charge on any atom is 0.257 e. The van der Waals surface area contributed by atoms with Crippen molar-refractivity contribution in [1.82, 2.24) is 10.2 Å². The minimum Gasteiger partial charge on any atom is -0.497 e. The van der Waals surface area contributed by atoms with Crippen LogP contribution in [-0.4, -0.2) is 45.4 Å². The van der Waals surface area contributed by atoms with E-state index >= 15 is 0 Å². The predicted octanol–water partition coefficient (Wildman–Crippen LogP) is 5.94. The van der Waals surface area contributed by atoms with Crippen LogP contribution >= 0.6 is 11.6 Å². The van der Waals surface area contributed by atoms with Crippen molar-refractivity contribution in [2.75, 3.05) is 26.1 Å². The Bertz CT molecular complexity index is 946. The first-order chi connectivity index (χ1) is 15.5. The molecule has 0 saturated heterocycles. The van der Waals surface area contributed by atoms with Crippen LogP contribution in [0.5, 0.6) is 17.4 Å². The van der Waals surface area contributed by atoms with Crippen molar-refractivity contribution in [3.63, 3.8) is 0 Å². The molecule has 7 nitrogen and oxygen atoms in total. The summed E-state index contributed by atoms with van der Waals surface area (Å²) in [6.07, 6.45) is 2.00. The number of nitrogens with one attached hydrogen (secondary N) is 1. The zero-order valence-electron chi connectivity index (χ0n) is 20.7. The maximum atomic E-state index is 6.37.